The van der Waals surface area contributed by atoms with Crippen LogP contribution in [0.3, 0.4) is 0 Å². The molecule has 3 nitrogen and oxygen atoms in total. The average Bonchev–Trinajstić information content (AvgIpc) is 2.37. The zero-order chi connectivity index (χ0) is 12.1. The fourth-order valence-electron chi connectivity index (χ4n) is 2.33. The zero-order valence-electron chi connectivity index (χ0n) is 10.5. The Hall–Kier alpha value is -1.06. The molecule has 94 valence electrons. The van der Waals surface area contributed by atoms with E-state index >= 15 is 0 Å². The van der Waals surface area contributed by atoms with Gasteiger partial charge in [-0.3, -0.25) is 0 Å². The van der Waals surface area contributed by atoms with E-state index in [1.807, 2.05) is 6.07 Å². The second-order valence-electron chi connectivity index (χ2n) is 4.75. The predicted molar refractivity (Wildman–Crippen MR) is 70.1 cm³/mol. The van der Waals surface area contributed by atoms with E-state index in [2.05, 4.69) is 30.4 Å². The Morgan fingerprint density at radius 1 is 1.35 bits per heavy atom. The van der Waals surface area contributed by atoms with Gasteiger partial charge in [-0.15, -0.1) is 0 Å². The molecule has 2 rings (SSSR count). The summed E-state index contributed by atoms with van der Waals surface area (Å²) in [5.41, 5.74) is 6.79. The van der Waals surface area contributed by atoms with Crippen molar-refractivity contribution >= 4 is 0 Å². The predicted octanol–water partition coefficient (Wildman–Crippen LogP) is 2.08. The molecule has 0 spiro atoms. The SMILES string of the molecule is CC1COc2ccccc2C1NCCCCN. The molecule has 0 fully saturated rings. The largest absolute Gasteiger partial charge is 0.493 e. The number of rotatable bonds is 5. The maximum absolute atomic E-state index is 5.73. The summed E-state index contributed by atoms with van der Waals surface area (Å²) in [5.74, 6) is 1.55. The van der Waals surface area contributed by atoms with Crippen molar-refractivity contribution in [2.45, 2.75) is 25.8 Å². The zero-order valence-corrected chi connectivity index (χ0v) is 10.5. The Labute approximate surface area is 103 Å². The molecule has 1 aromatic carbocycles. The van der Waals surface area contributed by atoms with Crippen molar-refractivity contribution in [2.75, 3.05) is 19.7 Å². The number of benzene rings is 1. The standard InChI is InChI=1S/C14H22N2O/c1-11-10-17-13-7-3-2-6-12(13)14(11)16-9-5-4-8-15/h2-3,6-7,11,14,16H,4-5,8-10,15H2,1H3. The molecule has 2 unspecified atom stereocenters. The highest BCUT2D eigenvalue weighted by Gasteiger charge is 2.26. The van der Waals surface area contributed by atoms with Crippen LogP contribution >= 0.6 is 0 Å². The van der Waals surface area contributed by atoms with Crippen LogP contribution in [-0.2, 0) is 0 Å². The van der Waals surface area contributed by atoms with Gasteiger partial charge in [-0.1, -0.05) is 25.1 Å². The van der Waals surface area contributed by atoms with Crippen LogP contribution < -0.4 is 15.8 Å². The summed E-state index contributed by atoms with van der Waals surface area (Å²) in [6.07, 6.45) is 2.23. The highest BCUT2D eigenvalue weighted by atomic mass is 16.5. The van der Waals surface area contributed by atoms with E-state index in [0.29, 0.717) is 12.0 Å². The highest BCUT2D eigenvalue weighted by molar-refractivity contribution is 5.37. The van der Waals surface area contributed by atoms with Gasteiger partial charge in [0.1, 0.15) is 5.75 Å². The molecule has 1 aromatic rings. The third-order valence-electron chi connectivity index (χ3n) is 3.32. The van der Waals surface area contributed by atoms with Gasteiger partial charge in [0.05, 0.1) is 6.61 Å². The molecule has 17 heavy (non-hydrogen) atoms. The van der Waals surface area contributed by atoms with Crippen LogP contribution in [0.1, 0.15) is 31.4 Å². The minimum Gasteiger partial charge on any atom is -0.493 e. The second kappa shape index (κ2) is 6.03. The summed E-state index contributed by atoms with van der Waals surface area (Å²) < 4.78 is 5.73. The Bertz CT molecular complexity index is 354. The van der Waals surface area contributed by atoms with Crippen molar-refractivity contribution in [3.8, 4) is 5.75 Å². The van der Waals surface area contributed by atoms with Gasteiger partial charge in [0.25, 0.3) is 0 Å². The number of para-hydroxylation sites is 1. The van der Waals surface area contributed by atoms with Crippen LogP contribution in [0.2, 0.25) is 0 Å². The number of fused-ring (bicyclic) bond motifs is 1. The van der Waals surface area contributed by atoms with Gasteiger partial charge in [-0.05, 0) is 32.0 Å². The lowest BCUT2D eigenvalue weighted by Gasteiger charge is -2.32. The Morgan fingerprint density at radius 3 is 3.00 bits per heavy atom. The molecule has 1 aliphatic heterocycles. The summed E-state index contributed by atoms with van der Waals surface area (Å²) in [6.45, 7) is 4.84. The minimum absolute atomic E-state index is 0.415. The third kappa shape index (κ3) is 2.99. The number of nitrogens with two attached hydrogens (primary N) is 1. The van der Waals surface area contributed by atoms with Crippen LogP contribution in [0.4, 0.5) is 0 Å². The normalized spacial score (nSPS) is 22.9. The summed E-state index contributed by atoms with van der Waals surface area (Å²) in [7, 11) is 0. The molecule has 1 aliphatic rings. The van der Waals surface area contributed by atoms with Crippen LogP contribution in [0.5, 0.6) is 5.75 Å². The van der Waals surface area contributed by atoms with Crippen molar-refractivity contribution in [1.29, 1.82) is 0 Å². The lowest BCUT2D eigenvalue weighted by molar-refractivity contribution is 0.188. The van der Waals surface area contributed by atoms with E-state index in [0.717, 1.165) is 38.3 Å². The first-order valence-corrected chi connectivity index (χ1v) is 6.48. The Kier molecular flexibility index (Phi) is 4.40. The molecule has 3 N–H and O–H groups in total. The molecular weight excluding hydrogens is 212 g/mol. The maximum Gasteiger partial charge on any atom is 0.124 e. The van der Waals surface area contributed by atoms with Crippen molar-refractivity contribution in [1.82, 2.24) is 5.32 Å². The van der Waals surface area contributed by atoms with Crippen molar-refractivity contribution < 1.29 is 4.74 Å². The summed E-state index contributed by atoms with van der Waals surface area (Å²) >= 11 is 0. The lowest BCUT2D eigenvalue weighted by atomic mass is 9.92. The van der Waals surface area contributed by atoms with E-state index in [9.17, 15) is 0 Å². The third-order valence-corrected chi connectivity index (χ3v) is 3.32. The molecule has 0 radical (unpaired) electrons. The van der Waals surface area contributed by atoms with Gasteiger partial charge < -0.3 is 15.8 Å². The highest BCUT2D eigenvalue weighted by Crippen LogP contribution is 2.34. The van der Waals surface area contributed by atoms with E-state index < -0.39 is 0 Å². The maximum atomic E-state index is 5.73. The van der Waals surface area contributed by atoms with Crippen LogP contribution in [-0.4, -0.2) is 19.7 Å². The molecule has 0 aromatic heterocycles. The topological polar surface area (TPSA) is 47.3 Å². The number of unbranched alkanes of at least 4 members (excludes halogenated alkanes) is 1. The van der Waals surface area contributed by atoms with Gasteiger partial charge in [0, 0.05) is 17.5 Å². The quantitative estimate of drug-likeness (QED) is 0.767. The van der Waals surface area contributed by atoms with Crippen molar-refractivity contribution in [3.05, 3.63) is 29.8 Å². The Balaban J connectivity index is 2.00. The van der Waals surface area contributed by atoms with E-state index in [1.165, 1.54) is 5.56 Å². The average molecular weight is 234 g/mol. The molecule has 0 aliphatic carbocycles. The van der Waals surface area contributed by atoms with Gasteiger partial charge in [-0.2, -0.15) is 0 Å². The van der Waals surface area contributed by atoms with E-state index in [-0.39, 0.29) is 0 Å². The molecule has 3 heteroatoms. The van der Waals surface area contributed by atoms with Gasteiger partial charge in [0.15, 0.2) is 0 Å². The van der Waals surface area contributed by atoms with Crippen molar-refractivity contribution in [2.24, 2.45) is 11.7 Å². The molecule has 0 bridgehead atoms. The molecule has 2 atom stereocenters. The second-order valence-corrected chi connectivity index (χ2v) is 4.75. The van der Waals surface area contributed by atoms with Gasteiger partial charge >= 0.3 is 0 Å². The number of hydrogen-bond acceptors (Lipinski definition) is 3. The summed E-state index contributed by atoms with van der Waals surface area (Å²) in [6, 6.07) is 8.73. The minimum atomic E-state index is 0.415. The molecule has 0 saturated heterocycles. The molecule has 0 saturated carbocycles. The first-order chi connectivity index (χ1) is 8.33. The number of hydrogen-bond donors (Lipinski definition) is 2. The van der Waals surface area contributed by atoms with Gasteiger partial charge in [0.2, 0.25) is 0 Å². The van der Waals surface area contributed by atoms with Crippen LogP contribution in [0.15, 0.2) is 24.3 Å². The van der Waals surface area contributed by atoms with E-state index in [4.69, 9.17) is 10.5 Å². The fourth-order valence-corrected chi connectivity index (χ4v) is 2.33. The van der Waals surface area contributed by atoms with E-state index in [1.54, 1.807) is 0 Å². The van der Waals surface area contributed by atoms with Crippen LogP contribution in [0.25, 0.3) is 0 Å². The van der Waals surface area contributed by atoms with Crippen molar-refractivity contribution in [3.63, 3.8) is 0 Å². The first kappa shape index (κ1) is 12.4. The van der Waals surface area contributed by atoms with Gasteiger partial charge in [-0.25, -0.2) is 0 Å². The molecular formula is C14H22N2O. The summed E-state index contributed by atoms with van der Waals surface area (Å²) in [4.78, 5) is 0. The smallest absolute Gasteiger partial charge is 0.124 e. The fraction of sp³-hybridized carbons (Fsp3) is 0.571. The Morgan fingerprint density at radius 2 is 2.18 bits per heavy atom. The lowest BCUT2D eigenvalue weighted by Crippen LogP contribution is -2.34. The first-order valence-electron chi connectivity index (χ1n) is 6.48. The molecule has 1 heterocycles. The molecule has 0 amide bonds. The number of ether oxygens (including phenoxy) is 1. The summed E-state index contributed by atoms with van der Waals surface area (Å²) in [5, 5.41) is 3.63. The monoisotopic (exact) mass is 234 g/mol. The number of nitrogens with one attached hydrogen (secondary N) is 1. The van der Waals surface area contributed by atoms with Crippen LogP contribution in [0, 0.1) is 5.92 Å².